The zero-order chi connectivity index (χ0) is 20.0. The molecule has 5 rings (SSSR count). The number of benzene rings is 1. The second-order valence-electron chi connectivity index (χ2n) is 6.96. The fraction of sp³-hybridized carbons (Fsp3) is 0.182. The van der Waals surface area contributed by atoms with Crippen LogP contribution in [0.25, 0.3) is 43.8 Å². The molecule has 4 heterocycles. The van der Waals surface area contributed by atoms with Gasteiger partial charge in [-0.15, -0.1) is 11.3 Å². The standard InChI is InChI=1S/C22H19BrN4OS/c1-26-11-18(16-10-14(23)5-6-20(16)26)22-25-19(13-29-22)17-12-27(8-9-28-2)21-15(17)4-3-7-24-21/h3-7,10-13H,8-9H2,1-2H3. The number of nitrogens with zero attached hydrogens (tertiary/aromatic N) is 4. The summed E-state index contributed by atoms with van der Waals surface area (Å²) in [5.74, 6) is 0. The monoisotopic (exact) mass is 466 g/mol. The molecule has 0 radical (unpaired) electrons. The Morgan fingerprint density at radius 1 is 1.14 bits per heavy atom. The lowest BCUT2D eigenvalue weighted by atomic mass is 10.1. The number of methoxy groups -OCH3 is 1. The van der Waals surface area contributed by atoms with E-state index in [1.165, 1.54) is 10.9 Å². The summed E-state index contributed by atoms with van der Waals surface area (Å²) in [6, 6.07) is 10.4. The summed E-state index contributed by atoms with van der Waals surface area (Å²) in [5, 5.41) is 5.47. The molecule has 5 aromatic rings. The first-order valence-corrected chi connectivity index (χ1v) is 11.0. The number of fused-ring (bicyclic) bond motifs is 2. The maximum atomic E-state index is 5.26. The predicted molar refractivity (Wildman–Crippen MR) is 122 cm³/mol. The zero-order valence-corrected chi connectivity index (χ0v) is 18.5. The molecule has 5 nitrogen and oxygen atoms in total. The summed E-state index contributed by atoms with van der Waals surface area (Å²) in [6.07, 6.45) is 6.12. The van der Waals surface area contributed by atoms with E-state index in [1.54, 1.807) is 18.4 Å². The number of ether oxygens (including phenoxy) is 1. The van der Waals surface area contributed by atoms with E-state index in [9.17, 15) is 0 Å². The van der Waals surface area contributed by atoms with E-state index in [4.69, 9.17) is 9.72 Å². The second kappa shape index (κ2) is 7.40. The lowest BCUT2D eigenvalue weighted by Gasteiger charge is -2.02. The minimum absolute atomic E-state index is 0.646. The number of hydrogen-bond donors (Lipinski definition) is 0. The summed E-state index contributed by atoms with van der Waals surface area (Å²) in [4.78, 5) is 9.58. The molecule has 0 aliphatic heterocycles. The number of halogens is 1. The molecule has 0 saturated carbocycles. The first-order valence-electron chi connectivity index (χ1n) is 9.29. The van der Waals surface area contributed by atoms with Crippen LogP contribution in [-0.4, -0.2) is 32.8 Å². The van der Waals surface area contributed by atoms with Crippen molar-refractivity contribution in [1.82, 2.24) is 19.1 Å². The quantitative estimate of drug-likeness (QED) is 0.332. The van der Waals surface area contributed by atoms with E-state index < -0.39 is 0 Å². The van der Waals surface area contributed by atoms with E-state index in [2.05, 4.69) is 79.1 Å². The third-order valence-electron chi connectivity index (χ3n) is 5.13. The van der Waals surface area contributed by atoms with Crippen molar-refractivity contribution in [1.29, 1.82) is 0 Å². The molecule has 0 bridgehead atoms. The smallest absolute Gasteiger partial charge is 0.140 e. The van der Waals surface area contributed by atoms with Crippen LogP contribution in [0.1, 0.15) is 0 Å². The van der Waals surface area contributed by atoms with Gasteiger partial charge in [-0.1, -0.05) is 15.9 Å². The van der Waals surface area contributed by atoms with Gasteiger partial charge in [-0.2, -0.15) is 0 Å². The minimum atomic E-state index is 0.646. The summed E-state index contributed by atoms with van der Waals surface area (Å²) >= 11 is 5.27. The van der Waals surface area contributed by atoms with Crippen LogP contribution >= 0.6 is 27.3 Å². The Balaban J connectivity index is 1.62. The number of hydrogen-bond acceptors (Lipinski definition) is 4. The highest BCUT2D eigenvalue weighted by molar-refractivity contribution is 9.10. The highest BCUT2D eigenvalue weighted by Crippen LogP contribution is 2.37. The molecule has 146 valence electrons. The molecule has 0 atom stereocenters. The summed E-state index contributed by atoms with van der Waals surface area (Å²) in [5.41, 5.74) is 5.39. The van der Waals surface area contributed by atoms with E-state index in [0.29, 0.717) is 6.61 Å². The highest BCUT2D eigenvalue weighted by atomic mass is 79.9. The lowest BCUT2D eigenvalue weighted by molar-refractivity contribution is 0.188. The van der Waals surface area contributed by atoms with Crippen LogP contribution in [-0.2, 0) is 18.3 Å². The van der Waals surface area contributed by atoms with Gasteiger partial charge in [0.25, 0.3) is 0 Å². The van der Waals surface area contributed by atoms with Crippen LogP contribution in [0.4, 0.5) is 0 Å². The maximum Gasteiger partial charge on any atom is 0.140 e. The number of aryl methyl sites for hydroxylation is 1. The van der Waals surface area contributed by atoms with Crippen molar-refractivity contribution in [3.05, 3.63) is 58.8 Å². The molecule has 0 amide bonds. The molecular weight excluding hydrogens is 448 g/mol. The van der Waals surface area contributed by atoms with Crippen LogP contribution in [0, 0.1) is 0 Å². The first-order chi connectivity index (χ1) is 14.2. The Labute approximate surface area is 180 Å². The van der Waals surface area contributed by atoms with Crippen LogP contribution < -0.4 is 0 Å². The molecule has 0 N–H and O–H groups in total. The molecule has 0 spiro atoms. The average molecular weight is 467 g/mol. The number of rotatable bonds is 5. The van der Waals surface area contributed by atoms with E-state index in [1.807, 2.05) is 12.3 Å². The number of aromatic nitrogens is 4. The molecule has 0 saturated heterocycles. The zero-order valence-electron chi connectivity index (χ0n) is 16.1. The molecule has 4 aromatic heterocycles. The van der Waals surface area contributed by atoms with Crippen molar-refractivity contribution in [3.63, 3.8) is 0 Å². The average Bonchev–Trinajstić information content (AvgIpc) is 3.42. The van der Waals surface area contributed by atoms with E-state index >= 15 is 0 Å². The van der Waals surface area contributed by atoms with Crippen molar-refractivity contribution in [2.45, 2.75) is 6.54 Å². The normalized spacial score (nSPS) is 11.7. The van der Waals surface area contributed by atoms with Gasteiger partial charge in [-0.3, -0.25) is 0 Å². The third kappa shape index (κ3) is 3.19. The summed E-state index contributed by atoms with van der Waals surface area (Å²) in [6.45, 7) is 1.41. The maximum absolute atomic E-state index is 5.26. The van der Waals surface area contributed by atoms with E-state index in [0.717, 1.165) is 43.9 Å². The molecule has 0 aliphatic carbocycles. The third-order valence-corrected chi connectivity index (χ3v) is 6.50. The van der Waals surface area contributed by atoms with Gasteiger partial charge in [0.1, 0.15) is 10.7 Å². The number of thiazole rings is 1. The molecule has 1 aromatic carbocycles. The van der Waals surface area contributed by atoms with Crippen molar-refractivity contribution < 1.29 is 4.74 Å². The van der Waals surface area contributed by atoms with Gasteiger partial charge in [-0.25, -0.2) is 9.97 Å². The molecule has 29 heavy (non-hydrogen) atoms. The predicted octanol–water partition coefficient (Wildman–Crippen LogP) is 5.73. The second-order valence-corrected chi connectivity index (χ2v) is 8.73. The molecular formula is C22H19BrN4OS. The van der Waals surface area contributed by atoms with Crippen LogP contribution in [0.5, 0.6) is 0 Å². The Morgan fingerprint density at radius 3 is 2.90 bits per heavy atom. The fourth-order valence-electron chi connectivity index (χ4n) is 3.74. The van der Waals surface area contributed by atoms with Gasteiger partial charge in [-0.05, 0) is 30.3 Å². The highest BCUT2D eigenvalue weighted by Gasteiger charge is 2.17. The summed E-state index contributed by atoms with van der Waals surface area (Å²) in [7, 11) is 3.79. The Kier molecular flexibility index (Phi) is 4.73. The SMILES string of the molecule is COCCn1cc(-c2csc(-c3cn(C)c4ccc(Br)cc34)n2)c2cccnc21. The van der Waals surface area contributed by atoms with Crippen molar-refractivity contribution in [2.75, 3.05) is 13.7 Å². The fourth-order valence-corrected chi connectivity index (χ4v) is 4.95. The van der Waals surface area contributed by atoms with Crippen LogP contribution in [0.3, 0.4) is 0 Å². The van der Waals surface area contributed by atoms with Crippen molar-refractivity contribution in [2.24, 2.45) is 7.05 Å². The van der Waals surface area contributed by atoms with Crippen LogP contribution in [0.2, 0.25) is 0 Å². The molecule has 0 fully saturated rings. The molecule has 0 unspecified atom stereocenters. The Morgan fingerprint density at radius 2 is 2.03 bits per heavy atom. The molecule has 0 aliphatic rings. The number of pyridine rings is 1. The van der Waals surface area contributed by atoms with Gasteiger partial charge in [0, 0.05) is 76.6 Å². The first kappa shape index (κ1) is 18.5. The molecule has 7 heteroatoms. The van der Waals surface area contributed by atoms with Gasteiger partial charge >= 0.3 is 0 Å². The van der Waals surface area contributed by atoms with Crippen molar-refractivity contribution >= 4 is 49.2 Å². The van der Waals surface area contributed by atoms with Gasteiger partial charge in [0.2, 0.25) is 0 Å². The lowest BCUT2D eigenvalue weighted by Crippen LogP contribution is -2.03. The van der Waals surface area contributed by atoms with Crippen molar-refractivity contribution in [3.8, 4) is 21.8 Å². The minimum Gasteiger partial charge on any atom is -0.383 e. The van der Waals surface area contributed by atoms with Gasteiger partial charge in [0.15, 0.2) is 0 Å². The Hall–Kier alpha value is -2.48. The topological polar surface area (TPSA) is 44.9 Å². The summed E-state index contributed by atoms with van der Waals surface area (Å²) < 4.78 is 10.6. The van der Waals surface area contributed by atoms with Gasteiger partial charge < -0.3 is 13.9 Å². The largest absolute Gasteiger partial charge is 0.383 e. The van der Waals surface area contributed by atoms with Crippen LogP contribution in [0.15, 0.2) is 58.8 Å². The van der Waals surface area contributed by atoms with Gasteiger partial charge in [0.05, 0.1) is 12.3 Å². The Bertz CT molecular complexity index is 1330. The van der Waals surface area contributed by atoms with E-state index in [-0.39, 0.29) is 0 Å².